The number of carboxylic acid groups (broad SMARTS) is 1. The van der Waals surface area contributed by atoms with E-state index in [0.29, 0.717) is 19.3 Å². The summed E-state index contributed by atoms with van der Waals surface area (Å²) in [6.07, 6.45) is 1.69. The monoisotopic (exact) mass is 298 g/mol. The SMILES string of the molecule is O=C([O-])CC(CO)CCCCCS(=O)(=O)[O-].[Na+].[Na+]. The smallest absolute Gasteiger partial charge is 0.748 e. The van der Waals surface area contributed by atoms with Gasteiger partial charge in [-0.2, -0.15) is 0 Å². The van der Waals surface area contributed by atoms with E-state index < -0.39 is 21.8 Å². The molecule has 1 atom stereocenters. The summed E-state index contributed by atoms with van der Waals surface area (Å²) in [6.45, 7) is -0.228. The molecular weight excluding hydrogens is 282 g/mol. The van der Waals surface area contributed by atoms with E-state index in [-0.39, 0.29) is 84.5 Å². The molecular formula is C9H16Na2O6S. The number of carbonyl (C=O) groups is 1. The van der Waals surface area contributed by atoms with Gasteiger partial charge in [0, 0.05) is 18.3 Å². The minimum absolute atomic E-state index is 0. The molecule has 0 radical (unpaired) electrons. The molecule has 0 amide bonds. The average Bonchev–Trinajstić information content (AvgIpc) is 2.13. The number of unbranched alkanes of at least 4 members (excludes halogenated alkanes) is 2. The van der Waals surface area contributed by atoms with Gasteiger partial charge in [-0.1, -0.05) is 12.8 Å². The van der Waals surface area contributed by atoms with Crippen molar-refractivity contribution in [3.8, 4) is 0 Å². The van der Waals surface area contributed by atoms with Gasteiger partial charge in [-0.25, -0.2) is 8.42 Å². The molecule has 9 heteroatoms. The first-order valence-electron chi connectivity index (χ1n) is 5.09. The molecule has 0 bridgehead atoms. The molecule has 6 nitrogen and oxygen atoms in total. The van der Waals surface area contributed by atoms with Crippen molar-refractivity contribution in [2.75, 3.05) is 12.4 Å². The van der Waals surface area contributed by atoms with Crippen molar-refractivity contribution < 1.29 is 87.1 Å². The molecule has 0 aliphatic rings. The molecule has 0 heterocycles. The fourth-order valence-electron chi connectivity index (χ4n) is 1.38. The first-order valence-corrected chi connectivity index (χ1v) is 6.67. The van der Waals surface area contributed by atoms with E-state index in [1.165, 1.54) is 0 Å². The molecule has 1 N–H and O–H groups in total. The second kappa shape index (κ2) is 13.3. The van der Waals surface area contributed by atoms with Crippen LogP contribution in [0.15, 0.2) is 0 Å². The summed E-state index contributed by atoms with van der Waals surface area (Å²) < 4.78 is 30.7. The zero-order chi connectivity index (χ0) is 12.6. The van der Waals surface area contributed by atoms with E-state index in [2.05, 4.69) is 0 Å². The van der Waals surface area contributed by atoms with Crippen molar-refractivity contribution in [2.24, 2.45) is 5.92 Å². The minimum atomic E-state index is -4.15. The summed E-state index contributed by atoms with van der Waals surface area (Å²) in [5, 5.41) is 19.1. The van der Waals surface area contributed by atoms with Crippen LogP contribution >= 0.6 is 0 Å². The summed E-state index contributed by atoms with van der Waals surface area (Å²) in [7, 11) is -4.15. The predicted molar refractivity (Wildman–Crippen MR) is 53.2 cm³/mol. The van der Waals surface area contributed by atoms with Crippen LogP contribution in [0.25, 0.3) is 0 Å². The van der Waals surface area contributed by atoms with Crippen LogP contribution < -0.4 is 64.2 Å². The Bertz CT molecular complexity index is 306. The zero-order valence-electron chi connectivity index (χ0n) is 10.9. The van der Waals surface area contributed by atoms with Crippen molar-refractivity contribution in [1.82, 2.24) is 0 Å². The van der Waals surface area contributed by atoms with Crippen LogP contribution in [-0.4, -0.2) is 36.4 Å². The van der Waals surface area contributed by atoms with E-state index in [0.717, 1.165) is 0 Å². The fraction of sp³-hybridized carbons (Fsp3) is 0.889. The van der Waals surface area contributed by atoms with E-state index in [9.17, 15) is 22.9 Å². The third kappa shape index (κ3) is 17.3. The van der Waals surface area contributed by atoms with Gasteiger partial charge in [0.15, 0.2) is 0 Å². The Hall–Kier alpha value is 1.34. The van der Waals surface area contributed by atoms with Gasteiger partial charge in [0.25, 0.3) is 0 Å². The number of rotatable bonds is 9. The first-order chi connectivity index (χ1) is 7.35. The maximum Gasteiger partial charge on any atom is 1.00 e. The molecule has 0 saturated heterocycles. The van der Waals surface area contributed by atoms with Gasteiger partial charge in [0.1, 0.15) is 0 Å². The van der Waals surface area contributed by atoms with Crippen LogP contribution in [0.5, 0.6) is 0 Å². The van der Waals surface area contributed by atoms with Crippen LogP contribution in [0.4, 0.5) is 0 Å². The number of aliphatic carboxylic acids is 1. The second-order valence-corrected chi connectivity index (χ2v) is 5.26. The maximum atomic E-state index is 10.2. The Morgan fingerprint density at radius 1 is 1.17 bits per heavy atom. The van der Waals surface area contributed by atoms with Gasteiger partial charge in [-0.05, 0) is 25.2 Å². The van der Waals surface area contributed by atoms with E-state index in [1.807, 2.05) is 0 Å². The number of hydrogen-bond donors (Lipinski definition) is 1. The quantitative estimate of drug-likeness (QED) is 0.257. The van der Waals surface area contributed by atoms with Crippen LogP contribution in [0.2, 0.25) is 0 Å². The topological polar surface area (TPSA) is 118 Å². The van der Waals surface area contributed by atoms with Gasteiger partial charge in [0.2, 0.25) is 0 Å². The van der Waals surface area contributed by atoms with E-state index in [4.69, 9.17) is 5.11 Å². The summed E-state index contributed by atoms with van der Waals surface area (Å²) in [6, 6.07) is 0. The number of carbonyl (C=O) groups excluding carboxylic acids is 1. The summed E-state index contributed by atoms with van der Waals surface area (Å²) in [5.74, 6) is -1.95. The Morgan fingerprint density at radius 2 is 1.72 bits per heavy atom. The fourth-order valence-corrected chi connectivity index (χ4v) is 1.94. The first kappa shape index (κ1) is 24.4. The number of carboxylic acids is 1. The summed E-state index contributed by atoms with van der Waals surface area (Å²) >= 11 is 0. The molecule has 0 aliphatic heterocycles. The molecule has 0 spiro atoms. The second-order valence-electron chi connectivity index (χ2n) is 3.74. The third-order valence-electron chi connectivity index (χ3n) is 2.22. The molecule has 0 aromatic heterocycles. The molecule has 1 unspecified atom stereocenters. The normalized spacial score (nSPS) is 12.1. The van der Waals surface area contributed by atoms with Crippen LogP contribution in [0.1, 0.15) is 32.1 Å². The van der Waals surface area contributed by atoms with Gasteiger partial charge in [-0.15, -0.1) is 0 Å². The van der Waals surface area contributed by atoms with Crippen LogP contribution in [0, 0.1) is 5.92 Å². The largest absolute Gasteiger partial charge is 1.00 e. The number of aliphatic hydroxyl groups excluding tert-OH is 1. The Balaban J connectivity index is -0.00000112. The zero-order valence-corrected chi connectivity index (χ0v) is 15.7. The molecule has 0 aliphatic carbocycles. The van der Waals surface area contributed by atoms with E-state index >= 15 is 0 Å². The standard InChI is InChI=1S/C9H18O6S.2Na/c10-7-8(6-9(11)12)4-2-1-3-5-16(13,14)15;;/h8,10H,1-7H2,(H,11,12)(H,13,14,15);;/q;2*+1/p-2. The number of aliphatic hydroxyl groups is 1. The van der Waals surface area contributed by atoms with Gasteiger partial charge in [-0.3, -0.25) is 0 Å². The minimum Gasteiger partial charge on any atom is -0.748 e. The molecule has 0 saturated carbocycles. The van der Waals surface area contributed by atoms with E-state index in [1.54, 1.807) is 0 Å². The van der Waals surface area contributed by atoms with Crippen molar-refractivity contribution in [2.45, 2.75) is 32.1 Å². The van der Waals surface area contributed by atoms with Crippen molar-refractivity contribution in [1.29, 1.82) is 0 Å². The Morgan fingerprint density at radius 3 is 2.11 bits per heavy atom. The average molecular weight is 298 g/mol. The van der Waals surface area contributed by atoms with Gasteiger partial charge >= 0.3 is 59.1 Å². The Kier molecular flexibility index (Phi) is 18.0. The predicted octanol–water partition coefficient (Wildman–Crippen LogP) is -7.15. The molecule has 0 aromatic rings. The summed E-state index contributed by atoms with van der Waals surface area (Å²) in [4.78, 5) is 10.2. The molecule has 0 rings (SSSR count). The Labute approximate surface area is 152 Å². The van der Waals surface area contributed by atoms with Crippen molar-refractivity contribution >= 4 is 16.1 Å². The van der Waals surface area contributed by atoms with Crippen molar-refractivity contribution in [3.05, 3.63) is 0 Å². The molecule has 96 valence electrons. The maximum absolute atomic E-state index is 10.2. The molecule has 18 heavy (non-hydrogen) atoms. The number of hydrogen-bond acceptors (Lipinski definition) is 6. The summed E-state index contributed by atoms with van der Waals surface area (Å²) in [5.41, 5.74) is 0. The van der Waals surface area contributed by atoms with Crippen LogP contribution in [0.3, 0.4) is 0 Å². The van der Waals surface area contributed by atoms with Crippen molar-refractivity contribution in [3.63, 3.8) is 0 Å². The van der Waals surface area contributed by atoms with Gasteiger partial charge < -0.3 is 19.6 Å². The van der Waals surface area contributed by atoms with Gasteiger partial charge in [0.05, 0.1) is 10.1 Å². The molecule has 0 aromatic carbocycles. The molecule has 0 fully saturated rings. The third-order valence-corrected chi connectivity index (χ3v) is 3.01. The van der Waals surface area contributed by atoms with Crippen LogP contribution in [-0.2, 0) is 14.9 Å².